The highest BCUT2D eigenvalue weighted by Crippen LogP contribution is 2.16. The van der Waals surface area contributed by atoms with Crippen molar-refractivity contribution in [2.75, 3.05) is 13.1 Å². The van der Waals surface area contributed by atoms with Gasteiger partial charge >= 0.3 is 0 Å². The number of nitrogens with zero attached hydrogens (tertiary/aromatic N) is 3. The molecule has 0 spiro atoms. The first-order valence-corrected chi connectivity index (χ1v) is 7.12. The molecule has 1 aromatic carbocycles. The second kappa shape index (κ2) is 7.35. The maximum atomic E-state index is 12.0. The zero-order chi connectivity index (χ0) is 15.9. The first kappa shape index (κ1) is 15.7. The Morgan fingerprint density at radius 1 is 1.18 bits per heavy atom. The Morgan fingerprint density at radius 2 is 1.91 bits per heavy atom. The summed E-state index contributed by atoms with van der Waals surface area (Å²) in [5.41, 5.74) is 2.20. The molecule has 116 valence electrons. The smallest absolute Gasteiger partial charge is 0.251 e. The number of rotatable bonds is 6. The number of hydrogen-bond donors (Lipinski definition) is 2. The Hall–Kier alpha value is -2.70. The molecule has 1 heterocycles. The Kier molecular flexibility index (Phi) is 5.24. The number of nitrogens with one attached hydrogen (secondary N) is 2. The van der Waals surface area contributed by atoms with Crippen LogP contribution in [0.5, 0.6) is 0 Å². The molecule has 0 atom stereocenters. The van der Waals surface area contributed by atoms with Crippen molar-refractivity contribution in [2.45, 2.75) is 13.3 Å². The van der Waals surface area contributed by atoms with Crippen LogP contribution in [0.4, 0.5) is 0 Å². The van der Waals surface area contributed by atoms with E-state index in [1.165, 1.54) is 0 Å². The number of amides is 2. The van der Waals surface area contributed by atoms with Crippen LogP contribution in [0, 0.1) is 0 Å². The van der Waals surface area contributed by atoms with Gasteiger partial charge < -0.3 is 10.6 Å². The number of hydrogen-bond acceptors (Lipinski definition) is 4. The van der Waals surface area contributed by atoms with Gasteiger partial charge in [-0.3, -0.25) is 14.3 Å². The zero-order valence-electron chi connectivity index (χ0n) is 12.7. The lowest BCUT2D eigenvalue weighted by Crippen LogP contribution is -2.30. The van der Waals surface area contributed by atoms with E-state index in [-0.39, 0.29) is 18.2 Å². The minimum absolute atomic E-state index is 0.0687. The molecular weight excluding hydrogens is 282 g/mol. The molecule has 0 aliphatic carbocycles. The molecule has 7 heteroatoms. The highest BCUT2D eigenvalue weighted by molar-refractivity contribution is 5.94. The van der Waals surface area contributed by atoms with Gasteiger partial charge in [0.15, 0.2) is 0 Å². The zero-order valence-corrected chi connectivity index (χ0v) is 12.7. The summed E-state index contributed by atoms with van der Waals surface area (Å²) in [5, 5.41) is 13.3. The second-order valence-corrected chi connectivity index (χ2v) is 4.81. The molecule has 0 radical (unpaired) electrons. The van der Waals surface area contributed by atoms with E-state index in [0.29, 0.717) is 18.7 Å². The minimum atomic E-state index is -0.199. The first-order chi connectivity index (χ1) is 10.6. The largest absolute Gasteiger partial charge is 0.356 e. The van der Waals surface area contributed by atoms with E-state index in [1.807, 2.05) is 19.1 Å². The van der Waals surface area contributed by atoms with Gasteiger partial charge in [0.05, 0.1) is 6.20 Å². The standard InChI is InChI=1S/C15H19N5O2/c1-3-16-14(21)8-9-17-15(22)12-6-4-11(5-7-12)13-10-20(2)19-18-13/h4-7,10H,3,8-9H2,1-2H3,(H,16,21)(H,17,22). The Bertz CT molecular complexity index is 648. The van der Waals surface area contributed by atoms with Crippen molar-refractivity contribution in [3.63, 3.8) is 0 Å². The molecule has 0 unspecified atom stereocenters. The fraction of sp³-hybridized carbons (Fsp3) is 0.333. The average Bonchev–Trinajstić information content (AvgIpc) is 2.94. The van der Waals surface area contributed by atoms with Crippen LogP contribution in [0.1, 0.15) is 23.7 Å². The molecule has 0 aliphatic rings. The molecule has 0 fully saturated rings. The van der Waals surface area contributed by atoms with E-state index in [2.05, 4.69) is 20.9 Å². The van der Waals surface area contributed by atoms with Crippen LogP contribution in [0.2, 0.25) is 0 Å². The number of aryl methyl sites for hydroxylation is 1. The summed E-state index contributed by atoms with van der Waals surface area (Å²) in [6.45, 7) is 2.77. The lowest BCUT2D eigenvalue weighted by Gasteiger charge is -2.06. The van der Waals surface area contributed by atoms with E-state index < -0.39 is 0 Å². The Labute approximate surface area is 128 Å². The predicted molar refractivity (Wildman–Crippen MR) is 82.1 cm³/mol. The van der Waals surface area contributed by atoms with E-state index in [0.717, 1.165) is 11.3 Å². The highest BCUT2D eigenvalue weighted by atomic mass is 16.2. The van der Waals surface area contributed by atoms with Gasteiger partial charge in [-0.25, -0.2) is 0 Å². The van der Waals surface area contributed by atoms with Gasteiger partial charge in [-0.2, -0.15) is 0 Å². The van der Waals surface area contributed by atoms with Crippen molar-refractivity contribution in [1.82, 2.24) is 25.6 Å². The molecule has 0 saturated carbocycles. The fourth-order valence-corrected chi connectivity index (χ4v) is 1.95. The predicted octanol–water partition coefficient (Wildman–Crippen LogP) is 0.738. The van der Waals surface area contributed by atoms with Gasteiger partial charge in [-0.15, -0.1) is 5.10 Å². The van der Waals surface area contributed by atoms with Crippen LogP contribution >= 0.6 is 0 Å². The van der Waals surface area contributed by atoms with Gasteiger partial charge in [0.2, 0.25) is 5.91 Å². The maximum absolute atomic E-state index is 12.0. The minimum Gasteiger partial charge on any atom is -0.356 e. The van der Waals surface area contributed by atoms with Crippen molar-refractivity contribution in [1.29, 1.82) is 0 Å². The second-order valence-electron chi connectivity index (χ2n) is 4.81. The van der Waals surface area contributed by atoms with Crippen molar-refractivity contribution in [3.05, 3.63) is 36.0 Å². The molecular formula is C15H19N5O2. The van der Waals surface area contributed by atoms with Crippen LogP contribution in [0.25, 0.3) is 11.3 Å². The molecule has 2 amide bonds. The Morgan fingerprint density at radius 3 is 2.50 bits per heavy atom. The summed E-state index contributed by atoms with van der Waals surface area (Å²) < 4.78 is 1.62. The molecule has 2 aromatic rings. The number of aromatic nitrogens is 3. The van der Waals surface area contributed by atoms with Crippen molar-refractivity contribution in [2.24, 2.45) is 7.05 Å². The first-order valence-electron chi connectivity index (χ1n) is 7.12. The van der Waals surface area contributed by atoms with Gasteiger partial charge in [-0.05, 0) is 19.1 Å². The van der Waals surface area contributed by atoms with Crippen LogP contribution in [0.3, 0.4) is 0 Å². The summed E-state index contributed by atoms with van der Waals surface area (Å²) in [7, 11) is 1.80. The number of carbonyl (C=O) groups is 2. The van der Waals surface area contributed by atoms with Crippen molar-refractivity contribution in [3.8, 4) is 11.3 Å². The molecule has 0 aliphatic heterocycles. The van der Waals surface area contributed by atoms with E-state index in [9.17, 15) is 9.59 Å². The number of carbonyl (C=O) groups excluding carboxylic acids is 2. The Balaban J connectivity index is 1.90. The van der Waals surface area contributed by atoms with Crippen LogP contribution in [-0.2, 0) is 11.8 Å². The third kappa shape index (κ3) is 4.15. The monoisotopic (exact) mass is 301 g/mol. The summed E-state index contributed by atoms with van der Waals surface area (Å²) in [6, 6.07) is 7.10. The number of benzene rings is 1. The van der Waals surface area contributed by atoms with E-state index in [1.54, 1.807) is 30.1 Å². The van der Waals surface area contributed by atoms with E-state index >= 15 is 0 Å². The molecule has 1 aromatic heterocycles. The SMILES string of the molecule is CCNC(=O)CCNC(=O)c1ccc(-c2cn(C)nn2)cc1. The topological polar surface area (TPSA) is 88.9 Å². The fourth-order valence-electron chi connectivity index (χ4n) is 1.95. The van der Waals surface area contributed by atoms with Crippen molar-refractivity contribution < 1.29 is 9.59 Å². The maximum Gasteiger partial charge on any atom is 0.251 e. The van der Waals surface area contributed by atoms with Gasteiger partial charge in [0, 0.05) is 37.7 Å². The summed E-state index contributed by atoms with van der Waals surface area (Å²) in [6.07, 6.45) is 2.08. The third-order valence-electron chi connectivity index (χ3n) is 3.06. The lowest BCUT2D eigenvalue weighted by molar-refractivity contribution is -0.120. The summed E-state index contributed by atoms with van der Waals surface area (Å²) >= 11 is 0. The molecule has 22 heavy (non-hydrogen) atoms. The van der Waals surface area contributed by atoms with E-state index in [4.69, 9.17) is 0 Å². The molecule has 2 N–H and O–H groups in total. The molecule has 0 bridgehead atoms. The van der Waals surface area contributed by atoms with Gasteiger partial charge in [0.1, 0.15) is 5.69 Å². The molecule has 0 saturated heterocycles. The van der Waals surface area contributed by atoms with Crippen LogP contribution in [0.15, 0.2) is 30.5 Å². The quantitative estimate of drug-likeness (QED) is 0.823. The third-order valence-corrected chi connectivity index (χ3v) is 3.06. The normalized spacial score (nSPS) is 10.3. The van der Waals surface area contributed by atoms with Crippen LogP contribution < -0.4 is 10.6 Å². The summed E-state index contributed by atoms with van der Waals surface area (Å²) in [5.74, 6) is -0.268. The molecule has 2 rings (SSSR count). The van der Waals surface area contributed by atoms with Gasteiger partial charge in [0.25, 0.3) is 5.91 Å². The highest BCUT2D eigenvalue weighted by Gasteiger charge is 2.08. The summed E-state index contributed by atoms with van der Waals surface area (Å²) in [4.78, 5) is 23.2. The molecule has 7 nitrogen and oxygen atoms in total. The lowest BCUT2D eigenvalue weighted by atomic mass is 10.1. The van der Waals surface area contributed by atoms with Gasteiger partial charge in [-0.1, -0.05) is 17.3 Å². The van der Waals surface area contributed by atoms with Crippen molar-refractivity contribution >= 4 is 11.8 Å². The average molecular weight is 301 g/mol. The van der Waals surface area contributed by atoms with Crippen LogP contribution in [-0.4, -0.2) is 39.9 Å².